The number of hydrogen-bond acceptors (Lipinski definition) is 1. The largest absolute Gasteiger partial charge is 0.361 e. The number of carbonyl (C=O) groups excluding carboxylic acids is 1. The molecule has 1 amide bonds. The molecule has 4 aromatic rings. The van der Waals surface area contributed by atoms with Crippen LogP contribution in [0.3, 0.4) is 0 Å². The van der Waals surface area contributed by atoms with Crippen molar-refractivity contribution in [3.63, 3.8) is 0 Å². The molecule has 0 aliphatic heterocycles. The smallest absolute Gasteiger partial charge is 0.224 e. The van der Waals surface area contributed by atoms with Gasteiger partial charge in [0.1, 0.15) is 0 Å². The second kappa shape index (κ2) is 6.65. The molecule has 0 bridgehead atoms. The van der Waals surface area contributed by atoms with Crippen molar-refractivity contribution in [3.05, 3.63) is 71.0 Å². The molecule has 126 valence electrons. The van der Waals surface area contributed by atoms with Crippen LogP contribution in [0.25, 0.3) is 21.8 Å². The highest BCUT2D eigenvalue weighted by molar-refractivity contribution is 6.31. The van der Waals surface area contributed by atoms with E-state index in [-0.39, 0.29) is 5.91 Å². The van der Waals surface area contributed by atoms with Crippen molar-refractivity contribution in [2.24, 2.45) is 0 Å². The van der Waals surface area contributed by atoms with E-state index in [9.17, 15) is 4.79 Å². The summed E-state index contributed by atoms with van der Waals surface area (Å²) in [6.45, 7) is 0.620. The molecule has 4 nitrogen and oxygen atoms in total. The van der Waals surface area contributed by atoms with E-state index in [1.54, 1.807) is 0 Å². The van der Waals surface area contributed by atoms with Crippen LogP contribution in [0.4, 0.5) is 0 Å². The average molecular weight is 352 g/mol. The van der Waals surface area contributed by atoms with Crippen molar-refractivity contribution in [3.8, 4) is 0 Å². The van der Waals surface area contributed by atoms with Crippen molar-refractivity contribution in [2.45, 2.75) is 12.8 Å². The van der Waals surface area contributed by atoms with Gasteiger partial charge in [-0.2, -0.15) is 0 Å². The zero-order chi connectivity index (χ0) is 17.2. The fourth-order valence-electron chi connectivity index (χ4n) is 3.22. The number of rotatable bonds is 5. The molecule has 0 saturated carbocycles. The third kappa shape index (κ3) is 3.26. The van der Waals surface area contributed by atoms with E-state index >= 15 is 0 Å². The SMILES string of the molecule is O=C(Cc1c[nH]c2cc(Cl)ccc12)NCCc1c[nH]c2ccccc12. The van der Waals surface area contributed by atoms with Crippen molar-refractivity contribution < 1.29 is 4.79 Å². The number of benzene rings is 2. The van der Waals surface area contributed by atoms with E-state index in [0.717, 1.165) is 28.4 Å². The predicted octanol–water partition coefficient (Wildman–Crippen LogP) is 4.20. The molecule has 2 aromatic carbocycles. The topological polar surface area (TPSA) is 60.7 Å². The van der Waals surface area contributed by atoms with E-state index in [1.807, 2.05) is 42.7 Å². The third-order valence-corrected chi connectivity index (χ3v) is 4.71. The minimum atomic E-state index is 0.0238. The zero-order valence-electron chi connectivity index (χ0n) is 13.6. The van der Waals surface area contributed by atoms with Gasteiger partial charge in [0.05, 0.1) is 6.42 Å². The lowest BCUT2D eigenvalue weighted by Crippen LogP contribution is -2.27. The number of hydrogen-bond donors (Lipinski definition) is 3. The number of halogens is 1. The van der Waals surface area contributed by atoms with Crippen LogP contribution in [0.1, 0.15) is 11.1 Å². The summed E-state index contributed by atoms with van der Waals surface area (Å²) in [6, 6.07) is 13.9. The number of para-hydroxylation sites is 1. The first-order valence-corrected chi connectivity index (χ1v) is 8.66. The maximum absolute atomic E-state index is 12.3. The number of nitrogens with one attached hydrogen (secondary N) is 3. The summed E-state index contributed by atoms with van der Waals surface area (Å²) in [4.78, 5) is 18.7. The fourth-order valence-corrected chi connectivity index (χ4v) is 3.39. The molecule has 3 N–H and O–H groups in total. The molecule has 0 aliphatic rings. The van der Waals surface area contributed by atoms with E-state index in [4.69, 9.17) is 11.6 Å². The Morgan fingerprint density at radius 3 is 2.64 bits per heavy atom. The molecule has 2 heterocycles. The fraction of sp³-hybridized carbons (Fsp3) is 0.150. The Kier molecular flexibility index (Phi) is 4.20. The lowest BCUT2D eigenvalue weighted by Gasteiger charge is -2.05. The van der Waals surface area contributed by atoms with Crippen LogP contribution in [-0.4, -0.2) is 22.4 Å². The van der Waals surface area contributed by atoms with Crippen molar-refractivity contribution in [1.29, 1.82) is 0 Å². The number of carbonyl (C=O) groups is 1. The standard InChI is InChI=1S/C20H18ClN3O/c21-15-5-6-17-14(12-24-19(17)10-15)9-20(25)22-8-7-13-11-23-18-4-2-1-3-16(13)18/h1-6,10-12,23-24H,7-9H2,(H,22,25). The Labute approximate surface area is 150 Å². The lowest BCUT2D eigenvalue weighted by molar-refractivity contribution is -0.120. The Morgan fingerprint density at radius 1 is 0.960 bits per heavy atom. The zero-order valence-corrected chi connectivity index (χ0v) is 14.4. The molecule has 0 radical (unpaired) electrons. The highest BCUT2D eigenvalue weighted by Gasteiger charge is 2.09. The van der Waals surface area contributed by atoms with Crippen LogP contribution in [0, 0.1) is 0 Å². The highest BCUT2D eigenvalue weighted by atomic mass is 35.5. The van der Waals surface area contributed by atoms with E-state index < -0.39 is 0 Å². The number of aromatic nitrogens is 2. The average Bonchev–Trinajstić information content (AvgIpc) is 3.19. The van der Waals surface area contributed by atoms with Gasteiger partial charge in [0, 0.05) is 45.8 Å². The second-order valence-electron chi connectivity index (χ2n) is 6.14. The van der Waals surface area contributed by atoms with Gasteiger partial charge in [0.2, 0.25) is 5.91 Å². The second-order valence-corrected chi connectivity index (χ2v) is 6.58. The number of aromatic amines is 2. The summed E-state index contributed by atoms with van der Waals surface area (Å²) in [6.07, 6.45) is 5.05. The van der Waals surface area contributed by atoms with Crippen molar-refractivity contribution >= 4 is 39.3 Å². The Bertz CT molecular complexity index is 1050. The van der Waals surface area contributed by atoms with Crippen LogP contribution in [0.5, 0.6) is 0 Å². The van der Waals surface area contributed by atoms with Gasteiger partial charge in [-0.1, -0.05) is 35.9 Å². The molecule has 0 fully saturated rings. The Balaban J connectivity index is 1.37. The molecule has 0 aliphatic carbocycles. The first-order valence-electron chi connectivity index (χ1n) is 8.28. The minimum Gasteiger partial charge on any atom is -0.361 e. The lowest BCUT2D eigenvalue weighted by atomic mass is 10.1. The highest BCUT2D eigenvalue weighted by Crippen LogP contribution is 2.22. The van der Waals surface area contributed by atoms with Gasteiger partial charge in [0.25, 0.3) is 0 Å². The molecule has 0 unspecified atom stereocenters. The van der Waals surface area contributed by atoms with Crippen LogP contribution in [0.2, 0.25) is 5.02 Å². The molecule has 25 heavy (non-hydrogen) atoms. The predicted molar refractivity (Wildman–Crippen MR) is 102 cm³/mol. The summed E-state index contributed by atoms with van der Waals surface area (Å²) >= 11 is 5.99. The van der Waals surface area contributed by atoms with Gasteiger partial charge >= 0.3 is 0 Å². The molecule has 0 atom stereocenters. The molecule has 0 spiro atoms. The summed E-state index contributed by atoms with van der Waals surface area (Å²) in [7, 11) is 0. The summed E-state index contributed by atoms with van der Waals surface area (Å²) in [5.74, 6) is 0.0238. The van der Waals surface area contributed by atoms with Crippen molar-refractivity contribution in [1.82, 2.24) is 15.3 Å². The quantitative estimate of drug-likeness (QED) is 0.495. The van der Waals surface area contributed by atoms with Crippen LogP contribution in [-0.2, 0) is 17.6 Å². The van der Waals surface area contributed by atoms with Gasteiger partial charge in [-0.05, 0) is 35.7 Å². The number of amides is 1. The maximum atomic E-state index is 12.3. The van der Waals surface area contributed by atoms with E-state index in [0.29, 0.717) is 18.0 Å². The summed E-state index contributed by atoms with van der Waals surface area (Å²) < 4.78 is 0. The number of fused-ring (bicyclic) bond motifs is 2. The Morgan fingerprint density at radius 2 is 1.72 bits per heavy atom. The van der Waals surface area contributed by atoms with Crippen LogP contribution < -0.4 is 5.32 Å². The van der Waals surface area contributed by atoms with Gasteiger partial charge < -0.3 is 15.3 Å². The summed E-state index contributed by atoms with van der Waals surface area (Å²) in [5.41, 5.74) is 4.28. The minimum absolute atomic E-state index is 0.0238. The normalized spacial score (nSPS) is 11.2. The van der Waals surface area contributed by atoms with Gasteiger partial charge in [-0.25, -0.2) is 0 Å². The Hall–Kier alpha value is -2.72. The van der Waals surface area contributed by atoms with E-state index in [2.05, 4.69) is 27.4 Å². The maximum Gasteiger partial charge on any atom is 0.224 e. The van der Waals surface area contributed by atoms with Crippen molar-refractivity contribution in [2.75, 3.05) is 6.54 Å². The summed E-state index contributed by atoms with van der Waals surface area (Å²) in [5, 5.41) is 5.94. The molecular formula is C20H18ClN3O. The van der Waals surface area contributed by atoms with Crippen LogP contribution >= 0.6 is 11.6 Å². The molecule has 2 aromatic heterocycles. The monoisotopic (exact) mass is 351 g/mol. The molecule has 0 saturated heterocycles. The van der Waals surface area contributed by atoms with Crippen LogP contribution in [0.15, 0.2) is 54.9 Å². The van der Waals surface area contributed by atoms with Gasteiger partial charge in [-0.3, -0.25) is 4.79 Å². The number of H-pyrrole nitrogens is 2. The molecular weight excluding hydrogens is 334 g/mol. The van der Waals surface area contributed by atoms with Gasteiger partial charge in [-0.15, -0.1) is 0 Å². The first-order chi connectivity index (χ1) is 12.2. The molecule has 4 rings (SSSR count). The molecule has 5 heteroatoms. The van der Waals surface area contributed by atoms with E-state index in [1.165, 1.54) is 10.9 Å². The van der Waals surface area contributed by atoms with Gasteiger partial charge in [0.15, 0.2) is 0 Å². The third-order valence-electron chi connectivity index (χ3n) is 4.47. The first kappa shape index (κ1) is 15.8.